The van der Waals surface area contributed by atoms with Gasteiger partial charge in [0.1, 0.15) is 12.2 Å². The summed E-state index contributed by atoms with van der Waals surface area (Å²) < 4.78 is 8.67. The van der Waals surface area contributed by atoms with Gasteiger partial charge in [-0.15, -0.1) is 5.10 Å². The van der Waals surface area contributed by atoms with Crippen LogP contribution in [-0.2, 0) is 11.5 Å². The molecular formula is C12H18IN3OSi. The van der Waals surface area contributed by atoms with Crippen molar-refractivity contribution >= 4 is 41.7 Å². The predicted octanol–water partition coefficient (Wildman–Crippen LogP) is 3.35. The molecule has 0 saturated carbocycles. The van der Waals surface area contributed by atoms with E-state index in [2.05, 4.69) is 58.6 Å². The topological polar surface area (TPSA) is 39.9 Å². The smallest absolute Gasteiger partial charge is 0.141 e. The fourth-order valence-corrected chi connectivity index (χ4v) is 2.80. The van der Waals surface area contributed by atoms with Crippen molar-refractivity contribution in [3.05, 3.63) is 21.8 Å². The van der Waals surface area contributed by atoms with Crippen LogP contribution in [0.2, 0.25) is 25.7 Å². The third-order valence-corrected chi connectivity index (χ3v) is 5.06. The number of hydrogen-bond donors (Lipinski definition) is 0. The Morgan fingerprint density at radius 1 is 1.33 bits per heavy atom. The van der Waals surface area contributed by atoms with Gasteiger partial charge in [0.15, 0.2) is 0 Å². The highest BCUT2D eigenvalue weighted by Gasteiger charge is 2.12. The van der Waals surface area contributed by atoms with E-state index in [-0.39, 0.29) is 0 Å². The van der Waals surface area contributed by atoms with Gasteiger partial charge in [-0.05, 0) is 46.8 Å². The molecule has 0 bridgehead atoms. The number of halogens is 1. The normalized spacial score (nSPS) is 12.2. The van der Waals surface area contributed by atoms with Gasteiger partial charge in [-0.25, -0.2) is 4.68 Å². The van der Waals surface area contributed by atoms with Crippen molar-refractivity contribution < 1.29 is 4.74 Å². The van der Waals surface area contributed by atoms with Crippen LogP contribution in [0.15, 0.2) is 18.2 Å². The maximum atomic E-state index is 5.69. The quantitative estimate of drug-likeness (QED) is 0.457. The number of fused-ring (bicyclic) bond motifs is 1. The van der Waals surface area contributed by atoms with Crippen molar-refractivity contribution in [2.45, 2.75) is 32.4 Å². The summed E-state index contributed by atoms with van der Waals surface area (Å²) in [6, 6.07) is 7.31. The molecule has 1 aromatic heterocycles. The van der Waals surface area contributed by atoms with E-state index in [0.29, 0.717) is 6.73 Å². The minimum atomic E-state index is -1.01. The van der Waals surface area contributed by atoms with E-state index in [1.165, 1.54) is 9.61 Å². The number of ether oxygens (including phenoxy) is 1. The van der Waals surface area contributed by atoms with Crippen molar-refractivity contribution in [3.63, 3.8) is 0 Å². The lowest BCUT2D eigenvalue weighted by molar-refractivity contribution is 0.0803. The van der Waals surface area contributed by atoms with Crippen LogP contribution in [0.4, 0.5) is 0 Å². The molecule has 0 aliphatic carbocycles. The van der Waals surface area contributed by atoms with Crippen molar-refractivity contribution in [1.82, 2.24) is 15.0 Å². The monoisotopic (exact) mass is 375 g/mol. The minimum Gasteiger partial charge on any atom is -0.359 e. The summed E-state index contributed by atoms with van der Waals surface area (Å²) in [4.78, 5) is 0. The summed E-state index contributed by atoms with van der Waals surface area (Å²) in [5, 5.41) is 8.26. The highest BCUT2D eigenvalue weighted by atomic mass is 127. The Balaban J connectivity index is 1.96. The van der Waals surface area contributed by atoms with Crippen LogP contribution in [-0.4, -0.2) is 29.7 Å². The fraction of sp³-hybridized carbons (Fsp3) is 0.500. The maximum Gasteiger partial charge on any atom is 0.141 e. The number of aromatic nitrogens is 3. The molecule has 6 heteroatoms. The van der Waals surface area contributed by atoms with Crippen LogP contribution in [0.5, 0.6) is 0 Å². The highest BCUT2D eigenvalue weighted by Crippen LogP contribution is 2.15. The molecule has 0 radical (unpaired) electrons. The molecule has 0 N–H and O–H groups in total. The molecule has 1 heterocycles. The first-order valence-corrected chi connectivity index (χ1v) is 10.8. The molecule has 4 nitrogen and oxygen atoms in total. The van der Waals surface area contributed by atoms with Gasteiger partial charge in [0, 0.05) is 18.3 Å². The molecule has 2 rings (SSSR count). The van der Waals surface area contributed by atoms with Gasteiger partial charge >= 0.3 is 0 Å². The fourth-order valence-electron chi connectivity index (χ4n) is 1.57. The second kappa shape index (κ2) is 5.66. The van der Waals surface area contributed by atoms with Gasteiger partial charge in [-0.2, -0.15) is 0 Å². The zero-order valence-electron chi connectivity index (χ0n) is 11.0. The Labute approximate surface area is 122 Å². The molecule has 2 aromatic rings. The molecule has 0 atom stereocenters. The van der Waals surface area contributed by atoms with E-state index in [1.54, 1.807) is 0 Å². The van der Waals surface area contributed by atoms with Gasteiger partial charge in [0.25, 0.3) is 0 Å². The van der Waals surface area contributed by atoms with Crippen LogP contribution < -0.4 is 0 Å². The number of rotatable bonds is 5. The van der Waals surface area contributed by atoms with Gasteiger partial charge in [-0.1, -0.05) is 24.9 Å². The average molecular weight is 375 g/mol. The Morgan fingerprint density at radius 3 is 2.83 bits per heavy atom. The van der Waals surface area contributed by atoms with E-state index in [4.69, 9.17) is 4.74 Å². The molecule has 18 heavy (non-hydrogen) atoms. The summed E-state index contributed by atoms with van der Waals surface area (Å²) >= 11 is 2.28. The summed E-state index contributed by atoms with van der Waals surface area (Å²) in [7, 11) is -1.01. The molecule has 0 saturated heterocycles. The van der Waals surface area contributed by atoms with Crippen molar-refractivity contribution in [2.75, 3.05) is 6.61 Å². The molecule has 1 aromatic carbocycles. The zero-order chi connectivity index (χ0) is 13.2. The number of benzene rings is 1. The van der Waals surface area contributed by atoms with Crippen LogP contribution >= 0.6 is 22.6 Å². The number of hydrogen-bond acceptors (Lipinski definition) is 3. The number of nitrogens with zero attached hydrogens (tertiary/aromatic N) is 3. The van der Waals surface area contributed by atoms with E-state index in [0.717, 1.165) is 17.6 Å². The molecule has 0 unspecified atom stereocenters. The predicted molar refractivity (Wildman–Crippen MR) is 84.4 cm³/mol. The van der Waals surface area contributed by atoms with E-state index in [9.17, 15) is 0 Å². The van der Waals surface area contributed by atoms with Gasteiger partial charge in [-0.3, -0.25) is 0 Å². The minimum absolute atomic E-state index is 0.488. The third kappa shape index (κ3) is 3.76. The lowest BCUT2D eigenvalue weighted by Crippen LogP contribution is -2.22. The molecule has 0 spiro atoms. The maximum absolute atomic E-state index is 5.69. The van der Waals surface area contributed by atoms with E-state index in [1.807, 2.05) is 16.8 Å². The summed E-state index contributed by atoms with van der Waals surface area (Å²) in [5.41, 5.74) is 1.96. The summed E-state index contributed by atoms with van der Waals surface area (Å²) in [5.74, 6) is 0. The first kappa shape index (κ1) is 13.9. The second-order valence-electron chi connectivity index (χ2n) is 5.57. The van der Waals surface area contributed by atoms with Crippen LogP contribution in [0.3, 0.4) is 0 Å². The summed E-state index contributed by atoms with van der Waals surface area (Å²) in [6.07, 6.45) is 0. The summed E-state index contributed by atoms with van der Waals surface area (Å²) in [6.45, 7) is 8.35. The molecule has 0 amide bonds. The largest absolute Gasteiger partial charge is 0.359 e. The Kier molecular flexibility index (Phi) is 4.39. The standard InChI is InChI=1S/C12H18IN3OSi/c1-18(2,3)7-6-17-9-16-12-5-4-10(13)8-11(12)14-15-16/h4-5,8H,6-7,9H2,1-3H3. The lowest BCUT2D eigenvalue weighted by Gasteiger charge is -2.15. The Bertz CT molecular complexity index is 536. The molecule has 0 fully saturated rings. The SMILES string of the molecule is C[Si](C)(C)CCOCn1nnc2cc(I)ccc21. The Morgan fingerprint density at radius 2 is 2.11 bits per heavy atom. The molecule has 0 aliphatic rings. The zero-order valence-corrected chi connectivity index (χ0v) is 14.1. The van der Waals surface area contributed by atoms with Crippen molar-refractivity contribution in [2.24, 2.45) is 0 Å². The first-order chi connectivity index (χ1) is 8.46. The van der Waals surface area contributed by atoms with E-state index >= 15 is 0 Å². The average Bonchev–Trinajstić information content (AvgIpc) is 2.65. The second-order valence-corrected chi connectivity index (χ2v) is 12.4. The molecule has 0 aliphatic heterocycles. The van der Waals surface area contributed by atoms with Crippen molar-refractivity contribution in [3.8, 4) is 0 Å². The molecule has 98 valence electrons. The van der Waals surface area contributed by atoms with Gasteiger partial charge in [0.2, 0.25) is 0 Å². The highest BCUT2D eigenvalue weighted by molar-refractivity contribution is 14.1. The van der Waals surface area contributed by atoms with Gasteiger partial charge in [0.05, 0.1) is 5.52 Å². The first-order valence-electron chi connectivity index (χ1n) is 6.02. The lowest BCUT2D eigenvalue weighted by atomic mass is 10.3. The van der Waals surface area contributed by atoms with Gasteiger partial charge < -0.3 is 4.74 Å². The van der Waals surface area contributed by atoms with Crippen LogP contribution in [0.25, 0.3) is 11.0 Å². The molecular weight excluding hydrogens is 357 g/mol. The van der Waals surface area contributed by atoms with E-state index < -0.39 is 8.07 Å². The van der Waals surface area contributed by atoms with Crippen LogP contribution in [0.1, 0.15) is 0 Å². The van der Waals surface area contributed by atoms with Crippen molar-refractivity contribution in [1.29, 1.82) is 0 Å². The Hall–Kier alpha value is -0.473. The van der Waals surface area contributed by atoms with Crippen LogP contribution in [0, 0.1) is 3.57 Å². The third-order valence-electron chi connectivity index (χ3n) is 2.69.